The number of ether oxygens (including phenoxy) is 2. The van der Waals surface area contributed by atoms with E-state index in [0.717, 1.165) is 43.1 Å². The summed E-state index contributed by atoms with van der Waals surface area (Å²) in [4.78, 5) is 35.3. The Balaban J connectivity index is 0.000000268. The van der Waals surface area contributed by atoms with Crippen LogP contribution in [-0.2, 0) is 22.6 Å². The first-order valence-electron chi connectivity index (χ1n) is 22.7. The summed E-state index contributed by atoms with van der Waals surface area (Å²) in [6.45, 7) is 17.1. The molecule has 2 unspecified atom stereocenters. The van der Waals surface area contributed by atoms with Crippen LogP contribution < -0.4 is 20.9 Å². The molecule has 392 valence electrons. The topological polar surface area (TPSA) is 238 Å². The van der Waals surface area contributed by atoms with Crippen LogP contribution in [0.2, 0.25) is 20.1 Å². The van der Waals surface area contributed by atoms with Crippen molar-refractivity contribution in [3.8, 4) is 22.3 Å². The van der Waals surface area contributed by atoms with Crippen LogP contribution in [0.25, 0.3) is 22.3 Å². The number of carbonyl (C=O) groups excluding carboxylic acids is 1. The van der Waals surface area contributed by atoms with Gasteiger partial charge in [-0.3, -0.25) is 16.1 Å². The van der Waals surface area contributed by atoms with Gasteiger partial charge in [0.15, 0.2) is 11.4 Å². The molecular formula is C50H60Cl4N10O9. The molecule has 2 aromatic heterocycles. The summed E-state index contributed by atoms with van der Waals surface area (Å²) in [5.74, 6) is 4.38. The van der Waals surface area contributed by atoms with Crippen LogP contribution in [-0.4, -0.2) is 131 Å². The van der Waals surface area contributed by atoms with E-state index in [4.69, 9.17) is 76.5 Å². The first-order valence-corrected chi connectivity index (χ1v) is 24.3. The summed E-state index contributed by atoms with van der Waals surface area (Å²) in [7, 11) is 0. The van der Waals surface area contributed by atoms with Gasteiger partial charge in [0.2, 0.25) is 0 Å². The number of carboxylic acids is 1. The molecule has 0 aliphatic rings. The maximum Gasteiger partial charge on any atom is 0.358 e. The molecular weight excluding hydrogens is 1030 g/mol. The molecule has 73 heavy (non-hydrogen) atoms. The third-order valence-electron chi connectivity index (χ3n) is 10.2. The molecule has 0 radical (unpaired) electrons. The molecule has 19 nitrogen and oxygen atoms in total. The largest absolute Gasteiger partial charge is 0.476 e. The standard InChI is InChI=1S/C25H29Cl2N5O4.C19H24Cl2N2O2.C6H7N3O3/c1-4-12-36-32-15-23(28-30-32)25(34)29-31(16-24(33)17(3)35-5-2)14-18-6-8-19(9-7-18)21-13-20(26)10-11-22(21)27;1-3-25-13(2)19(24)12-23(22)11-14-4-6-15(7-5-14)17-10-16(20)8-9-18(17)21;1-2-3-12-9-4-5(6(10)11)7-8-9/h4,6-11,13,15,17,24,33H,1,5,12,14,16H2,2-3H3,(H,29,34);4-10,13,19,24H,3,11-12,22H2,1-2H3;2,4H,1,3H2,(H,10,11)/t17?,24-;13?,19-;/m11./s1. The zero-order valence-corrected chi connectivity index (χ0v) is 43.8. The van der Waals surface area contributed by atoms with Crippen molar-refractivity contribution >= 4 is 58.3 Å². The Kier molecular flexibility index (Phi) is 25.3. The van der Waals surface area contributed by atoms with Crippen molar-refractivity contribution in [2.75, 3.05) is 39.5 Å². The molecule has 23 heteroatoms. The van der Waals surface area contributed by atoms with E-state index < -0.39 is 30.2 Å². The van der Waals surface area contributed by atoms with E-state index in [-0.39, 0.29) is 37.3 Å². The van der Waals surface area contributed by atoms with Crippen LogP contribution in [0.15, 0.2) is 123 Å². The second kappa shape index (κ2) is 30.9. The third-order valence-corrected chi connectivity index (χ3v) is 11.4. The number of hydrazine groups is 2. The number of aromatic carboxylic acids is 1. The summed E-state index contributed by atoms with van der Waals surface area (Å²) in [5, 5.41) is 49.1. The highest BCUT2D eigenvalue weighted by molar-refractivity contribution is 6.36. The molecule has 4 atom stereocenters. The number of carboxylic acid groups (broad SMARTS) is 1. The summed E-state index contributed by atoms with van der Waals surface area (Å²) in [6, 6.07) is 26.3. The lowest BCUT2D eigenvalue weighted by Crippen LogP contribution is -2.48. The quantitative estimate of drug-likeness (QED) is 0.0212. The number of hydrogen-bond donors (Lipinski definition) is 5. The van der Waals surface area contributed by atoms with E-state index in [1.807, 2.05) is 81.4 Å². The van der Waals surface area contributed by atoms with Crippen LogP contribution in [0.5, 0.6) is 0 Å². The number of nitrogens with zero attached hydrogens (tertiary/aromatic N) is 8. The van der Waals surface area contributed by atoms with E-state index in [2.05, 4.69) is 39.2 Å². The zero-order valence-electron chi connectivity index (χ0n) is 40.7. The van der Waals surface area contributed by atoms with Gasteiger partial charge in [-0.1, -0.05) is 130 Å². The molecule has 2 heterocycles. The molecule has 0 aliphatic carbocycles. The Labute approximate surface area is 444 Å². The number of nitrogens with two attached hydrogens (primary N) is 1. The molecule has 0 spiro atoms. The number of nitrogens with one attached hydrogen (secondary N) is 1. The molecule has 6 aromatic rings. The number of rotatable bonds is 25. The van der Waals surface area contributed by atoms with Crippen LogP contribution in [0.3, 0.4) is 0 Å². The van der Waals surface area contributed by atoms with E-state index in [0.29, 0.717) is 52.9 Å². The molecule has 4 aromatic carbocycles. The van der Waals surface area contributed by atoms with Gasteiger partial charge >= 0.3 is 5.97 Å². The number of halogens is 4. The van der Waals surface area contributed by atoms with Gasteiger partial charge < -0.3 is 34.5 Å². The molecule has 0 aliphatic heterocycles. The number of amides is 1. The lowest BCUT2D eigenvalue weighted by molar-refractivity contribution is -0.0422. The molecule has 0 fully saturated rings. The first kappa shape index (κ1) is 59.6. The van der Waals surface area contributed by atoms with Gasteiger partial charge in [0, 0.05) is 70.6 Å². The molecule has 0 saturated carbocycles. The number of hydrogen-bond acceptors (Lipinski definition) is 15. The summed E-state index contributed by atoms with van der Waals surface area (Å²) < 4.78 is 10.9. The van der Waals surface area contributed by atoms with Gasteiger partial charge in [0.05, 0.1) is 24.4 Å². The summed E-state index contributed by atoms with van der Waals surface area (Å²) in [6.07, 6.45) is 3.46. The van der Waals surface area contributed by atoms with Crippen molar-refractivity contribution in [3.05, 3.63) is 165 Å². The number of aliphatic hydroxyl groups excluding tert-OH is 2. The van der Waals surface area contributed by atoms with Gasteiger partial charge in [0.25, 0.3) is 5.91 Å². The lowest BCUT2D eigenvalue weighted by Gasteiger charge is -2.28. The highest BCUT2D eigenvalue weighted by Crippen LogP contribution is 2.32. The monoisotopic (exact) mass is 1080 g/mol. The minimum absolute atomic E-state index is 0.0577. The third kappa shape index (κ3) is 20.1. The normalized spacial score (nSPS) is 12.6. The Bertz CT molecular complexity index is 2660. The Hall–Kier alpha value is -5.94. The van der Waals surface area contributed by atoms with Crippen molar-refractivity contribution < 1.29 is 44.1 Å². The van der Waals surface area contributed by atoms with Crippen LogP contribution >= 0.6 is 46.4 Å². The van der Waals surface area contributed by atoms with Crippen LogP contribution in [0.1, 0.15) is 59.8 Å². The van der Waals surface area contributed by atoms with E-state index in [9.17, 15) is 19.8 Å². The van der Waals surface area contributed by atoms with E-state index in [1.54, 1.807) is 47.3 Å². The second-order valence-corrected chi connectivity index (χ2v) is 17.5. The van der Waals surface area contributed by atoms with Crippen molar-refractivity contribution in [1.29, 1.82) is 0 Å². The fraction of sp³-hybridized carbons (Fsp3) is 0.320. The number of carbonyl (C=O) groups is 2. The predicted molar refractivity (Wildman–Crippen MR) is 281 cm³/mol. The highest BCUT2D eigenvalue weighted by Gasteiger charge is 2.23. The van der Waals surface area contributed by atoms with Crippen LogP contribution in [0.4, 0.5) is 0 Å². The number of benzene rings is 4. The molecule has 6 rings (SSSR count). The van der Waals surface area contributed by atoms with Gasteiger partial charge in [0.1, 0.15) is 25.6 Å². The number of aliphatic hydroxyl groups is 2. The average molecular weight is 1090 g/mol. The molecule has 0 saturated heterocycles. The molecule has 6 N–H and O–H groups in total. The minimum atomic E-state index is -1.14. The first-order chi connectivity index (χ1) is 34.9. The summed E-state index contributed by atoms with van der Waals surface area (Å²) >= 11 is 24.7. The Morgan fingerprint density at radius 3 is 1.58 bits per heavy atom. The van der Waals surface area contributed by atoms with Crippen molar-refractivity contribution in [1.82, 2.24) is 45.8 Å². The molecule has 0 bridgehead atoms. The Morgan fingerprint density at radius 2 is 1.14 bits per heavy atom. The zero-order chi connectivity index (χ0) is 53.5. The highest BCUT2D eigenvalue weighted by atomic mass is 35.5. The summed E-state index contributed by atoms with van der Waals surface area (Å²) in [5.41, 5.74) is 8.25. The maximum atomic E-state index is 12.8. The fourth-order valence-electron chi connectivity index (χ4n) is 6.48. The SMILES string of the molecule is C=CCOn1cc(C(=O)NN(Cc2ccc(-c3cc(Cl)ccc3Cl)cc2)C[C@@H](O)C(C)OCC)nn1.C=CCOn1cc(C(=O)O)nn1.CCOC(C)[C@H](O)CN(N)Cc1ccc(-c2cc(Cl)ccc2Cl)cc1. The molecule has 1 amide bonds. The van der Waals surface area contributed by atoms with E-state index >= 15 is 0 Å². The van der Waals surface area contributed by atoms with Crippen LogP contribution in [0, 0.1) is 0 Å². The van der Waals surface area contributed by atoms with Crippen molar-refractivity contribution in [3.63, 3.8) is 0 Å². The Morgan fingerprint density at radius 1 is 0.699 bits per heavy atom. The van der Waals surface area contributed by atoms with Gasteiger partial charge in [-0.05, 0) is 96.8 Å². The van der Waals surface area contributed by atoms with Gasteiger partial charge in [-0.2, -0.15) is 0 Å². The fourth-order valence-corrected chi connectivity index (χ4v) is 7.28. The lowest BCUT2D eigenvalue weighted by atomic mass is 10.0. The predicted octanol–water partition coefficient (Wildman–Crippen LogP) is 7.51. The smallest absolute Gasteiger partial charge is 0.358 e. The number of aromatic nitrogens is 6. The van der Waals surface area contributed by atoms with E-state index in [1.165, 1.54) is 18.5 Å². The minimum Gasteiger partial charge on any atom is -0.476 e. The maximum absolute atomic E-state index is 12.8. The van der Waals surface area contributed by atoms with Crippen molar-refractivity contribution in [2.45, 2.75) is 65.2 Å². The second-order valence-electron chi connectivity index (χ2n) is 15.8. The van der Waals surface area contributed by atoms with Gasteiger partial charge in [-0.25, -0.2) is 14.8 Å². The van der Waals surface area contributed by atoms with Gasteiger partial charge in [-0.15, -0.1) is 10.2 Å². The van der Waals surface area contributed by atoms with Crippen molar-refractivity contribution in [2.24, 2.45) is 5.84 Å². The average Bonchev–Trinajstić information content (AvgIpc) is 4.06.